The Morgan fingerprint density at radius 3 is 2.86 bits per heavy atom. The average Bonchev–Trinajstić information content (AvgIpc) is 2.96. The first-order valence-corrected chi connectivity index (χ1v) is 6.75. The molecule has 2 aromatic heterocycles. The van der Waals surface area contributed by atoms with Crippen molar-refractivity contribution >= 4 is 5.91 Å². The molecule has 0 aliphatic rings. The molecule has 0 aromatic carbocycles. The zero-order valence-electron chi connectivity index (χ0n) is 12.5. The second-order valence-electron chi connectivity index (χ2n) is 5.85. The molecule has 2 aromatic rings. The van der Waals surface area contributed by atoms with Crippen molar-refractivity contribution < 1.29 is 9.32 Å². The highest BCUT2D eigenvalue weighted by molar-refractivity contribution is 5.92. The zero-order chi connectivity index (χ0) is 15.5. The molecule has 0 radical (unpaired) electrons. The summed E-state index contributed by atoms with van der Waals surface area (Å²) in [7, 11) is 1.73. The molecule has 2 heterocycles. The Kier molecular flexibility index (Phi) is 4.37. The van der Waals surface area contributed by atoms with Gasteiger partial charge >= 0.3 is 0 Å². The maximum absolute atomic E-state index is 12.3. The van der Waals surface area contributed by atoms with Crippen LogP contribution in [0.15, 0.2) is 35.1 Å². The number of hydrogen-bond acceptors (Lipinski definition) is 5. The van der Waals surface area contributed by atoms with Gasteiger partial charge in [-0.15, -0.1) is 0 Å². The van der Waals surface area contributed by atoms with E-state index in [0.29, 0.717) is 18.8 Å². The highest BCUT2D eigenvalue weighted by Gasteiger charge is 2.24. The van der Waals surface area contributed by atoms with Gasteiger partial charge in [-0.25, -0.2) is 0 Å². The lowest BCUT2D eigenvalue weighted by molar-refractivity contribution is 0.0730. The monoisotopic (exact) mass is 288 g/mol. The number of rotatable bonds is 5. The number of amides is 1. The van der Waals surface area contributed by atoms with Crippen LogP contribution in [0.25, 0.3) is 11.3 Å². The molecular formula is C15H20N4O2. The van der Waals surface area contributed by atoms with E-state index in [2.05, 4.69) is 10.1 Å². The largest absolute Gasteiger partial charge is 0.355 e. The van der Waals surface area contributed by atoms with E-state index in [1.807, 2.05) is 19.9 Å². The predicted octanol–water partition coefficient (Wildman–Crippen LogP) is 1.79. The van der Waals surface area contributed by atoms with Gasteiger partial charge in [-0.2, -0.15) is 0 Å². The molecule has 21 heavy (non-hydrogen) atoms. The Hall–Kier alpha value is -2.21. The van der Waals surface area contributed by atoms with Crippen LogP contribution in [0.3, 0.4) is 0 Å². The third kappa shape index (κ3) is 3.66. The predicted molar refractivity (Wildman–Crippen MR) is 79.5 cm³/mol. The maximum atomic E-state index is 12.3. The molecular weight excluding hydrogens is 268 g/mol. The van der Waals surface area contributed by atoms with E-state index in [4.69, 9.17) is 10.3 Å². The van der Waals surface area contributed by atoms with Crippen LogP contribution in [0.4, 0.5) is 0 Å². The maximum Gasteiger partial charge on any atom is 0.275 e. The van der Waals surface area contributed by atoms with Gasteiger partial charge in [0, 0.05) is 37.6 Å². The molecule has 0 unspecified atom stereocenters. The summed E-state index contributed by atoms with van der Waals surface area (Å²) in [6, 6.07) is 5.28. The van der Waals surface area contributed by atoms with Crippen LogP contribution in [0.2, 0.25) is 0 Å². The van der Waals surface area contributed by atoms with Crippen molar-refractivity contribution in [1.82, 2.24) is 15.0 Å². The van der Waals surface area contributed by atoms with Gasteiger partial charge in [0.05, 0.1) is 0 Å². The minimum Gasteiger partial charge on any atom is -0.355 e. The second kappa shape index (κ2) is 6.05. The fourth-order valence-electron chi connectivity index (χ4n) is 1.99. The topological polar surface area (TPSA) is 85.2 Å². The first kappa shape index (κ1) is 15.2. The molecule has 6 nitrogen and oxygen atoms in total. The third-order valence-electron chi connectivity index (χ3n) is 3.24. The second-order valence-corrected chi connectivity index (χ2v) is 5.85. The van der Waals surface area contributed by atoms with Crippen LogP contribution in [-0.2, 0) is 0 Å². The molecule has 6 heteroatoms. The van der Waals surface area contributed by atoms with Crippen molar-refractivity contribution in [1.29, 1.82) is 0 Å². The minimum atomic E-state index is -0.185. The number of carbonyl (C=O) groups is 1. The molecule has 0 bridgehead atoms. The normalized spacial score (nSPS) is 11.4. The van der Waals surface area contributed by atoms with Crippen molar-refractivity contribution in [3.63, 3.8) is 0 Å². The highest BCUT2D eigenvalue weighted by Crippen LogP contribution is 2.20. The molecule has 0 fully saturated rings. The Labute approximate surface area is 123 Å². The molecule has 0 aliphatic carbocycles. The van der Waals surface area contributed by atoms with Gasteiger partial charge < -0.3 is 15.2 Å². The zero-order valence-corrected chi connectivity index (χ0v) is 12.5. The van der Waals surface area contributed by atoms with Crippen molar-refractivity contribution in [3.05, 3.63) is 36.3 Å². The van der Waals surface area contributed by atoms with E-state index >= 15 is 0 Å². The SMILES string of the molecule is CN(CC(C)(C)CN)C(=O)c1cc(-c2cccnc2)on1. The van der Waals surface area contributed by atoms with Crippen LogP contribution in [-0.4, -0.2) is 41.1 Å². The van der Waals surface area contributed by atoms with E-state index < -0.39 is 0 Å². The van der Waals surface area contributed by atoms with E-state index in [-0.39, 0.29) is 17.0 Å². The molecule has 0 saturated heterocycles. The minimum absolute atomic E-state index is 0.139. The van der Waals surface area contributed by atoms with Gasteiger partial charge in [0.2, 0.25) is 0 Å². The smallest absolute Gasteiger partial charge is 0.275 e. The van der Waals surface area contributed by atoms with Crippen molar-refractivity contribution in [2.75, 3.05) is 20.1 Å². The highest BCUT2D eigenvalue weighted by atomic mass is 16.5. The van der Waals surface area contributed by atoms with Gasteiger partial charge in [-0.1, -0.05) is 19.0 Å². The van der Waals surface area contributed by atoms with E-state index in [1.54, 1.807) is 36.5 Å². The molecule has 0 aliphatic heterocycles. The lowest BCUT2D eigenvalue weighted by Gasteiger charge is -2.28. The number of hydrogen-bond donors (Lipinski definition) is 1. The van der Waals surface area contributed by atoms with Crippen LogP contribution in [0.1, 0.15) is 24.3 Å². The quantitative estimate of drug-likeness (QED) is 0.906. The van der Waals surface area contributed by atoms with E-state index in [1.165, 1.54) is 0 Å². The van der Waals surface area contributed by atoms with Gasteiger partial charge in [0.25, 0.3) is 5.91 Å². The lowest BCUT2D eigenvalue weighted by atomic mass is 9.93. The van der Waals surface area contributed by atoms with E-state index in [9.17, 15) is 4.79 Å². The average molecular weight is 288 g/mol. The Morgan fingerprint density at radius 1 is 1.48 bits per heavy atom. The fraction of sp³-hybridized carbons (Fsp3) is 0.400. The van der Waals surface area contributed by atoms with Crippen LogP contribution in [0, 0.1) is 5.41 Å². The molecule has 1 amide bonds. The Bertz CT molecular complexity index is 607. The summed E-state index contributed by atoms with van der Waals surface area (Å²) in [5, 5.41) is 3.84. The number of nitrogens with zero attached hydrogens (tertiary/aromatic N) is 3. The van der Waals surface area contributed by atoms with Crippen molar-refractivity contribution in [3.8, 4) is 11.3 Å². The Morgan fingerprint density at radius 2 is 2.24 bits per heavy atom. The van der Waals surface area contributed by atoms with Crippen molar-refractivity contribution in [2.24, 2.45) is 11.1 Å². The summed E-state index contributed by atoms with van der Waals surface area (Å²) >= 11 is 0. The summed E-state index contributed by atoms with van der Waals surface area (Å²) in [5.41, 5.74) is 6.62. The summed E-state index contributed by atoms with van der Waals surface area (Å²) in [6.07, 6.45) is 3.34. The first-order valence-electron chi connectivity index (χ1n) is 6.75. The molecule has 0 atom stereocenters. The van der Waals surface area contributed by atoms with Crippen molar-refractivity contribution in [2.45, 2.75) is 13.8 Å². The van der Waals surface area contributed by atoms with Gasteiger partial charge in [0.1, 0.15) is 0 Å². The summed E-state index contributed by atoms with van der Waals surface area (Å²) in [5.74, 6) is 0.341. The lowest BCUT2D eigenvalue weighted by Crippen LogP contribution is -2.39. The molecule has 2 rings (SSSR count). The summed E-state index contributed by atoms with van der Waals surface area (Å²) in [4.78, 5) is 18.0. The van der Waals surface area contributed by atoms with Crippen LogP contribution < -0.4 is 5.73 Å². The first-order chi connectivity index (χ1) is 9.93. The van der Waals surface area contributed by atoms with Gasteiger partial charge in [-0.3, -0.25) is 9.78 Å². The standard InChI is InChI=1S/C15H20N4O2/c1-15(2,9-16)10-19(3)14(20)12-7-13(21-18-12)11-5-4-6-17-8-11/h4-8H,9-10,16H2,1-3H3. The van der Waals surface area contributed by atoms with Crippen LogP contribution >= 0.6 is 0 Å². The summed E-state index contributed by atoms with van der Waals surface area (Å²) in [6.45, 7) is 5.09. The molecule has 0 spiro atoms. The number of aromatic nitrogens is 2. The number of carbonyl (C=O) groups excluding carboxylic acids is 1. The third-order valence-corrected chi connectivity index (χ3v) is 3.24. The van der Waals surface area contributed by atoms with Gasteiger partial charge in [0.15, 0.2) is 11.5 Å². The summed E-state index contributed by atoms with van der Waals surface area (Å²) < 4.78 is 5.22. The fourth-order valence-corrected chi connectivity index (χ4v) is 1.99. The van der Waals surface area contributed by atoms with E-state index in [0.717, 1.165) is 5.56 Å². The Balaban J connectivity index is 2.12. The molecule has 0 saturated carbocycles. The molecule has 2 N–H and O–H groups in total. The molecule has 112 valence electrons. The van der Waals surface area contributed by atoms with Gasteiger partial charge in [-0.05, 0) is 24.1 Å². The number of nitrogens with two attached hydrogens (primary N) is 1. The van der Waals surface area contributed by atoms with Crippen LogP contribution in [0.5, 0.6) is 0 Å². The number of pyridine rings is 1.